The summed E-state index contributed by atoms with van der Waals surface area (Å²) in [5, 5.41) is 3.68. The third kappa shape index (κ3) is 1.84. The van der Waals surface area contributed by atoms with Gasteiger partial charge in [0.15, 0.2) is 5.76 Å². The minimum absolute atomic E-state index is 0.483. The quantitative estimate of drug-likeness (QED) is 0.752. The monoisotopic (exact) mass is 241 g/mol. The van der Waals surface area contributed by atoms with Gasteiger partial charge in [0, 0.05) is 17.8 Å². The molecule has 0 saturated carbocycles. The van der Waals surface area contributed by atoms with Crippen LogP contribution in [0.15, 0.2) is 47.6 Å². The number of hydrogen-bond donors (Lipinski definition) is 1. The molecule has 0 aromatic carbocycles. The molecule has 3 aromatic rings. The molecule has 3 heterocycles. The molecular formula is C12H11N5O. The molecule has 0 amide bonds. The van der Waals surface area contributed by atoms with Crippen LogP contribution in [0.4, 0.5) is 5.82 Å². The molecule has 0 aliphatic carbocycles. The largest absolute Gasteiger partial charge is 0.383 e. The first-order valence-electron chi connectivity index (χ1n) is 5.45. The van der Waals surface area contributed by atoms with Gasteiger partial charge in [-0.15, -0.1) is 0 Å². The first-order valence-corrected chi connectivity index (χ1v) is 5.45. The fourth-order valence-electron chi connectivity index (χ4n) is 1.80. The van der Waals surface area contributed by atoms with E-state index in [1.807, 2.05) is 22.8 Å². The molecule has 0 aliphatic rings. The highest BCUT2D eigenvalue weighted by Gasteiger charge is 2.10. The van der Waals surface area contributed by atoms with Crippen LogP contribution >= 0.6 is 0 Å². The minimum atomic E-state index is 0.483. The van der Waals surface area contributed by atoms with E-state index in [-0.39, 0.29) is 0 Å². The highest BCUT2D eigenvalue weighted by molar-refractivity contribution is 5.70. The van der Waals surface area contributed by atoms with E-state index in [2.05, 4.69) is 15.1 Å². The van der Waals surface area contributed by atoms with Crippen molar-refractivity contribution in [1.29, 1.82) is 0 Å². The van der Waals surface area contributed by atoms with Gasteiger partial charge in [-0.1, -0.05) is 5.16 Å². The van der Waals surface area contributed by atoms with Crippen LogP contribution in [0, 0.1) is 0 Å². The van der Waals surface area contributed by atoms with Crippen LogP contribution in [0.2, 0.25) is 0 Å². The van der Waals surface area contributed by atoms with Crippen molar-refractivity contribution in [1.82, 2.24) is 19.7 Å². The average molecular weight is 241 g/mol. The van der Waals surface area contributed by atoms with Crippen molar-refractivity contribution in [2.45, 2.75) is 6.54 Å². The zero-order valence-electron chi connectivity index (χ0n) is 9.52. The lowest BCUT2D eigenvalue weighted by atomic mass is 10.2. The molecule has 18 heavy (non-hydrogen) atoms. The molecule has 0 unspecified atom stereocenters. The van der Waals surface area contributed by atoms with E-state index < -0.39 is 0 Å². The molecule has 0 aliphatic heterocycles. The molecule has 3 aromatic heterocycles. The van der Waals surface area contributed by atoms with Gasteiger partial charge in [0.2, 0.25) is 0 Å². The third-order valence-electron chi connectivity index (χ3n) is 2.64. The zero-order chi connectivity index (χ0) is 12.4. The highest BCUT2D eigenvalue weighted by atomic mass is 16.5. The fourth-order valence-corrected chi connectivity index (χ4v) is 1.80. The Hall–Kier alpha value is -2.63. The second-order valence-electron chi connectivity index (χ2n) is 3.82. The summed E-state index contributed by atoms with van der Waals surface area (Å²) in [4.78, 5) is 8.21. The van der Waals surface area contributed by atoms with Gasteiger partial charge in [-0.3, -0.25) is 0 Å². The standard InChI is InChI=1S/C12H11N5O/c13-12-10(2-1-4-15-12)11-6-14-8-17(11)7-9-3-5-16-18-9/h1-6,8H,7H2,(H2,13,15). The Morgan fingerprint density at radius 3 is 3.00 bits per heavy atom. The second-order valence-corrected chi connectivity index (χ2v) is 3.82. The molecule has 0 bridgehead atoms. The lowest BCUT2D eigenvalue weighted by Gasteiger charge is -2.07. The van der Waals surface area contributed by atoms with Crippen molar-refractivity contribution in [2.75, 3.05) is 5.73 Å². The summed E-state index contributed by atoms with van der Waals surface area (Å²) in [6.45, 7) is 0.559. The summed E-state index contributed by atoms with van der Waals surface area (Å²) in [6.07, 6.45) is 6.76. The van der Waals surface area contributed by atoms with Gasteiger partial charge in [-0.25, -0.2) is 9.97 Å². The Bertz CT molecular complexity index is 644. The molecule has 90 valence electrons. The first kappa shape index (κ1) is 10.5. The zero-order valence-corrected chi connectivity index (χ0v) is 9.52. The SMILES string of the molecule is Nc1ncccc1-c1cncn1Cc1ccno1. The number of hydrogen-bond acceptors (Lipinski definition) is 5. The second kappa shape index (κ2) is 4.33. The van der Waals surface area contributed by atoms with Crippen LogP contribution in [0.3, 0.4) is 0 Å². The number of aromatic nitrogens is 4. The number of nitrogen functional groups attached to an aromatic ring is 1. The molecule has 0 radical (unpaired) electrons. The normalized spacial score (nSPS) is 10.7. The van der Waals surface area contributed by atoms with Gasteiger partial charge in [0.05, 0.1) is 31.0 Å². The topological polar surface area (TPSA) is 82.8 Å². The number of nitrogens with zero attached hydrogens (tertiary/aromatic N) is 4. The maximum absolute atomic E-state index is 5.87. The maximum atomic E-state index is 5.87. The summed E-state index contributed by atoms with van der Waals surface area (Å²) < 4.78 is 7.02. The Labute approximate surface area is 103 Å². The summed E-state index contributed by atoms with van der Waals surface area (Å²) in [5.41, 5.74) is 7.62. The predicted octanol–water partition coefficient (Wildman–Crippen LogP) is 1.56. The molecule has 0 saturated heterocycles. The van der Waals surface area contributed by atoms with E-state index in [0.717, 1.165) is 17.0 Å². The van der Waals surface area contributed by atoms with E-state index in [1.54, 1.807) is 24.9 Å². The van der Waals surface area contributed by atoms with Gasteiger partial charge < -0.3 is 14.8 Å². The summed E-state index contributed by atoms with van der Waals surface area (Å²) in [5.74, 6) is 1.24. The Kier molecular flexibility index (Phi) is 2.53. The van der Waals surface area contributed by atoms with E-state index in [0.29, 0.717) is 12.4 Å². The maximum Gasteiger partial charge on any atom is 0.156 e. The number of rotatable bonds is 3. The number of imidazole rings is 1. The van der Waals surface area contributed by atoms with Crippen LogP contribution in [0.5, 0.6) is 0 Å². The lowest BCUT2D eigenvalue weighted by Crippen LogP contribution is -2.01. The molecule has 2 N–H and O–H groups in total. The van der Waals surface area contributed by atoms with E-state index in [4.69, 9.17) is 10.3 Å². The first-order chi connectivity index (χ1) is 8.84. The minimum Gasteiger partial charge on any atom is -0.383 e. The van der Waals surface area contributed by atoms with Gasteiger partial charge in [-0.05, 0) is 12.1 Å². The molecular weight excluding hydrogens is 230 g/mol. The van der Waals surface area contributed by atoms with Crippen molar-refractivity contribution in [2.24, 2.45) is 0 Å². The summed E-state index contributed by atoms with van der Waals surface area (Å²) in [7, 11) is 0. The van der Waals surface area contributed by atoms with Gasteiger partial charge in [0.25, 0.3) is 0 Å². The third-order valence-corrected chi connectivity index (χ3v) is 2.64. The molecule has 0 atom stereocenters. The molecule has 0 spiro atoms. The van der Waals surface area contributed by atoms with Crippen LogP contribution in [-0.2, 0) is 6.54 Å². The Balaban J connectivity index is 1.99. The summed E-state index contributed by atoms with van der Waals surface area (Å²) >= 11 is 0. The van der Waals surface area contributed by atoms with Crippen molar-refractivity contribution in [3.8, 4) is 11.3 Å². The van der Waals surface area contributed by atoms with Crippen molar-refractivity contribution in [3.63, 3.8) is 0 Å². The Morgan fingerprint density at radius 2 is 2.22 bits per heavy atom. The van der Waals surface area contributed by atoms with Crippen molar-refractivity contribution < 1.29 is 4.52 Å². The van der Waals surface area contributed by atoms with Gasteiger partial charge in [-0.2, -0.15) is 0 Å². The van der Waals surface area contributed by atoms with Crippen molar-refractivity contribution >= 4 is 5.82 Å². The average Bonchev–Trinajstić information content (AvgIpc) is 3.02. The van der Waals surface area contributed by atoms with E-state index >= 15 is 0 Å². The molecule has 3 rings (SSSR count). The van der Waals surface area contributed by atoms with E-state index in [9.17, 15) is 0 Å². The van der Waals surface area contributed by atoms with Crippen molar-refractivity contribution in [3.05, 3.63) is 48.9 Å². The van der Waals surface area contributed by atoms with Crippen LogP contribution in [0.1, 0.15) is 5.76 Å². The molecule has 0 fully saturated rings. The highest BCUT2D eigenvalue weighted by Crippen LogP contribution is 2.23. The van der Waals surface area contributed by atoms with Gasteiger partial charge in [0.1, 0.15) is 5.82 Å². The fraction of sp³-hybridized carbons (Fsp3) is 0.0833. The smallest absolute Gasteiger partial charge is 0.156 e. The molecule has 6 nitrogen and oxygen atoms in total. The number of anilines is 1. The lowest BCUT2D eigenvalue weighted by molar-refractivity contribution is 0.377. The van der Waals surface area contributed by atoms with Crippen LogP contribution in [0.25, 0.3) is 11.3 Å². The Morgan fingerprint density at radius 1 is 1.28 bits per heavy atom. The molecule has 6 heteroatoms. The number of pyridine rings is 1. The van der Waals surface area contributed by atoms with Crippen LogP contribution in [-0.4, -0.2) is 19.7 Å². The predicted molar refractivity (Wildman–Crippen MR) is 65.5 cm³/mol. The van der Waals surface area contributed by atoms with Crippen LogP contribution < -0.4 is 5.73 Å². The van der Waals surface area contributed by atoms with E-state index in [1.165, 1.54) is 0 Å². The van der Waals surface area contributed by atoms with Gasteiger partial charge >= 0.3 is 0 Å². The summed E-state index contributed by atoms with van der Waals surface area (Å²) in [6, 6.07) is 5.57. The number of nitrogens with two attached hydrogens (primary N) is 1.